The zero-order chi connectivity index (χ0) is 15.9. The summed E-state index contributed by atoms with van der Waals surface area (Å²) in [5.41, 5.74) is 0.981. The second kappa shape index (κ2) is 9.47. The van der Waals surface area contributed by atoms with E-state index >= 15 is 0 Å². The van der Waals surface area contributed by atoms with Gasteiger partial charge in [-0.15, -0.1) is 12.4 Å². The highest BCUT2D eigenvalue weighted by Gasteiger charge is 2.17. The summed E-state index contributed by atoms with van der Waals surface area (Å²) in [7, 11) is 4.74. The van der Waals surface area contributed by atoms with E-state index in [-0.39, 0.29) is 18.3 Å². The maximum atomic E-state index is 11.9. The Morgan fingerprint density at radius 1 is 1.17 bits per heavy atom. The number of aryl methyl sites for hydroxylation is 1. The number of carbonyl (C=O) groups is 1. The van der Waals surface area contributed by atoms with Crippen LogP contribution in [0.1, 0.15) is 12.0 Å². The fourth-order valence-corrected chi connectivity index (χ4v) is 2.38. The molecule has 6 nitrogen and oxygen atoms in total. The van der Waals surface area contributed by atoms with Gasteiger partial charge in [0.1, 0.15) is 0 Å². The Hall–Kier alpha value is -1.66. The molecule has 23 heavy (non-hydrogen) atoms. The predicted octanol–water partition coefficient (Wildman–Crippen LogP) is 1.40. The third kappa shape index (κ3) is 5.18. The molecule has 2 N–H and O–H groups in total. The molecule has 1 aromatic carbocycles. The van der Waals surface area contributed by atoms with Crippen molar-refractivity contribution in [1.82, 2.24) is 10.6 Å². The molecule has 1 aromatic rings. The molecule has 1 saturated heterocycles. The number of hydrogen-bond donors (Lipinski definition) is 2. The highest BCUT2D eigenvalue weighted by molar-refractivity contribution is 5.85. The van der Waals surface area contributed by atoms with Crippen molar-refractivity contribution >= 4 is 18.3 Å². The molecule has 0 spiro atoms. The molecule has 7 heteroatoms. The minimum atomic E-state index is 0. The Labute approximate surface area is 143 Å². The number of amides is 1. The molecule has 1 amide bonds. The molecule has 0 unspecified atom stereocenters. The lowest BCUT2D eigenvalue weighted by Crippen LogP contribution is -2.48. The van der Waals surface area contributed by atoms with Gasteiger partial charge < -0.3 is 24.8 Å². The zero-order valence-electron chi connectivity index (χ0n) is 13.8. The third-order valence-corrected chi connectivity index (χ3v) is 3.82. The van der Waals surface area contributed by atoms with Crippen LogP contribution in [0.15, 0.2) is 12.1 Å². The van der Waals surface area contributed by atoms with E-state index in [0.717, 1.165) is 25.2 Å². The molecule has 1 fully saturated rings. The van der Waals surface area contributed by atoms with Crippen molar-refractivity contribution in [3.63, 3.8) is 0 Å². The maximum absolute atomic E-state index is 11.9. The largest absolute Gasteiger partial charge is 0.493 e. The highest BCUT2D eigenvalue weighted by Crippen LogP contribution is 2.38. The van der Waals surface area contributed by atoms with Crippen LogP contribution in [0.25, 0.3) is 0 Å². The van der Waals surface area contributed by atoms with Gasteiger partial charge in [0.15, 0.2) is 11.5 Å². The number of rotatable bonds is 8. The van der Waals surface area contributed by atoms with Crippen molar-refractivity contribution in [2.45, 2.75) is 12.8 Å². The molecule has 1 aliphatic rings. The Bertz CT molecular complexity index is 496. The van der Waals surface area contributed by atoms with Gasteiger partial charge >= 0.3 is 0 Å². The van der Waals surface area contributed by atoms with E-state index in [1.54, 1.807) is 21.3 Å². The van der Waals surface area contributed by atoms with E-state index in [1.165, 1.54) is 0 Å². The quantitative estimate of drug-likeness (QED) is 0.746. The van der Waals surface area contributed by atoms with E-state index in [9.17, 15) is 4.79 Å². The predicted molar refractivity (Wildman–Crippen MR) is 91.0 cm³/mol. The summed E-state index contributed by atoms with van der Waals surface area (Å²) in [4.78, 5) is 11.9. The van der Waals surface area contributed by atoms with Crippen LogP contribution in [0.5, 0.6) is 17.2 Å². The molecule has 0 aromatic heterocycles. The standard InChI is InChI=1S/C16H24N2O4.ClH/c1-20-13-6-11(7-14(21-2)16(13)22-3)4-5-15(19)18-10-12-8-17-9-12;/h6-7,12,17H,4-5,8-10H2,1-3H3,(H,18,19);1H. The molecule has 0 radical (unpaired) electrons. The van der Waals surface area contributed by atoms with Crippen molar-refractivity contribution in [1.29, 1.82) is 0 Å². The van der Waals surface area contributed by atoms with Crippen LogP contribution in [0, 0.1) is 5.92 Å². The van der Waals surface area contributed by atoms with Gasteiger partial charge in [-0.05, 0) is 24.1 Å². The minimum Gasteiger partial charge on any atom is -0.493 e. The van der Waals surface area contributed by atoms with Crippen LogP contribution >= 0.6 is 12.4 Å². The first kappa shape index (κ1) is 19.4. The maximum Gasteiger partial charge on any atom is 0.220 e. The summed E-state index contributed by atoms with van der Waals surface area (Å²) in [5, 5.41) is 6.16. The van der Waals surface area contributed by atoms with E-state index < -0.39 is 0 Å². The summed E-state index contributed by atoms with van der Waals surface area (Å²) in [6.07, 6.45) is 1.07. The van der Waals surface area contributed by atoms with Gasteiger partial charge in [-0.1, -0.05) is 0 Å². The summed E-state index contributed by atoms with van der Waals surface area (Å²) in [6.45, 7) is 2.74. The topological polar surface area (TPSA) is 68.8 Å². The van der Waals surface area contributed by atoms with Gasteiger partial charge in [-0.25, -0.2) is 0 Å². The minimum absolute atomic E-state index is 0. The fourth-order valence-electron chi connectivity index (χ4n) is 2.38. The Balaban J connectivity index is 0.00000264. The average Bonchev–Trinajstić information content (AvgIpc) is 2.50. The number of ether oxygens (including phenoxy) is 3. The molecule has 1 heterocycles. The van der Waals surface area contributed by atoms with Gasteiger partial charge in [-0.2, -0.15) is 0 Å². The normalized spacial score (nSPS) is 13.5. The monoisotopic (exact) mass is 344 g/mol. The summed E-state index contributed by atoms with van der Waals surface area (Å²) in [6, 6.07) is 3.76. The second-order valence-electron chi connectivity index (χ2n) is 5.36. The summed E-state index contributed by atoms with van der Waals surface area (Å²) < 4.78 is 15.9. The Morgan fingerprint density at radius 2 is 1.78 bits per heavy atom. The molecule has 0 aliphatic carbocycles. The summed E-state index contributed by atoms with van der Waals surface area (Å²) in [5.74, 6) is 2.43. The van der Waals surface area contributed by atoms with Gasteiger partial charge in [0.25, 0.3) is 0 Å². The van der Waals surface area contributed by atoms with Crippen molar-refractivity contribution in [3.8, 4) is 17.2 Å². The van der Waals surface area contributed by atoms with Crippen LogP contribution < -0.4 is 24.8 Å². The molecule has 2 rings (SSSR count). The van der Waals surface area contributed by atoms with Crippen LogP contribution in [-0.4, -0.2) is 46.9 Å². The van der Waals surface area contributed by atoms with Crippen molar-refractivity contribution in [3.05, 3.63) is 17.7 Å². The van der Waals surface area contributed by atoms with Gasteiger partial charge in [-0.3, -0.25) is 4.79 Å². The van der Waals surface area contributed by atoms with E-state index in [0.29, 0.717) is 36.0 Å². The van der Waals surface area contributed by atoms with Crippen LogP contribution in [-0.2, 0) is 11.2 Å². The fraction of sp³-hybridized carbons (Fsp3) is 0.562. The van der Waals surface area contributed by atoms with Crippen molar-refractivity contribution in [2.75, 3.05) is 41.0 Å². The molecular weight excluding hydrogens is 320 g/mol. The van der Waals surface area contributed by atoms with Gasteiger partial charge in [0, 0.05) is 32.0 Å². The molecule has 0 atom stereocenters. The molecular formula is C16H25ClN2O4. The van der Waals surface area contributed by atoms with Crippen LogP contribution in [0.3, 0.4) is 0 Å². The summed E-state index contributed by atoms with van der Waals surface area (Å²) >= 11 is 0. The second-order valence-corrected chi connectivity index (χ2v) is 5.36. The van der Waals surface area contributed by atoms with Gasteiger partial charge in [0.2, 0.25) is 11.7 Å². The molecule has 1 aliphatic heterocycles. The number of carbonyl (C=O) groups excluding carboxylic acids is 1. The first-order chi connectivity index (χ1) is 10.7. The van der Waals surface area contributed by atoms with Gasteiger partial charge in [0.05, 0.1) is 21.3 Å². The average molecular weight is 345 g/mol. The Morgan fingerprint density at radius 3 is 2.22 bits per heavy atom. The third-order valence-electron chi connectivity index (χ3n) is 3.82. The number of halogens is 1. The number of methoxy groups -OCH3 is 3. The smallest absolute Gasteiger partial charge is 0.220 e. The SMILES string of the molecule is COc1cc(CCC(=O)NCC2CNC2)cc(OC)c1OC.Cl. The van der Waals surface area contributed by atoms with Crippen LogP contribution in [0.4, 0.5) is 0 Å². The number of benzene rings is 1. The lowest BCUT2D eigenvalue weighted by atomic mass is 10.0. The zero-order valence-corrected chi connectivity index (χ0v) is 14.6. The highest BCUT2D eigenvalue weighted by atomic mass is 35.5. The van der Waals surface area contributed by atoms with E-state index in [4.69, 9.17) is 14.2 Å². The lowest BCUT2D eigenvalue weighted by Gasteiger charge is -2.27. The molecule has 0 saturated carbocycles. The first-order valence-electron chi connectivity index (χ1n) is 7.44. The number of nitrogens with one attached hydrogen (secondary N) is 2. The van der Waals surface area contributed by atoms with Crippen molar-refractivity contribution < 1.29 is 19.0 Å². The van der Waals surface area contributed by atoms with Crippen LogP contribution in [0.2, 0.25) is 0 Å². The van der Waals surface area contributed by atoms with E-state index in [2.05, 4.69) is 10.6 Å². The number of hydrogen-bond acceptors (Lipinski definition) is 5. The molecule has 0 bridgehead atoms. The Kier molecular flexibility index (Phi) is 7.98. The van der Waals surface area contributed by atoms with E-state index in [1.807, 2.05) is 12.1 Å². The lowest BCUT2D eigenvalue weighted by molar-refractivity contribution is -0.121. The first-order valence-corrected chi connectivity index (χ1v) is 7.44. The molecule has 130 valence electrons. The van der Waals surface area contributed by atoms with Crippen molar-refractivity contribution in [2.24, 2.45) is 5.92 Å².